The zero-order valence-electron chi connectivity index (χ0n) is 16.9. The van der Waals surface area contributed by atoms with E-state index in [0.29, 0.717) is 13.0 Å². The highest BCUT2D eigenvalue weighted by Crippen LogP contribution is 2.48. The van der Waals surface area contributed by atoms with Gasteiger partial charge < -0.3 is 38.6 Å². The quantitative estimate of drug-likeness (QED) is 0.519. The number of aliphatic hydroxyl groups excluding tert-OH is 2. The van der Waals surface area contributed by atoms with E-state index in [1.54, 1.807) is 14.2 Å². The number of rotatable bonds is 5. The Balaban J connectivity index is 1.85. The third-order valence-corrected chi connectivity index (χ3v) is 6.55. The molecule has 0 saturated carbocycles. The highest BCUT2D eigenvalue weighted by atomic mass is 16.7. The highest BCUT2D eigenvalue weighted by Gasteiger charge is 2.59. The molecule has 3 saturated heterocycles. The van der Waals surface area contributed by atoms with Crippen molar-refractivity contribution < 1.29 is 38.6 Å². The van der Waals surface area contributed by atoms with Crippen molar-refractivity contribution in [2.45, 2.75) is 69.6 Å². The van der Waals surface area contributed by atoms with E-state index < -0.39 is 24.1 Å². The average molecular weight is 390 g/mol. The summed E-state index contributed by atoms with van der Waals surface area (Å²) in [5.41, 5.74) is 0. The molecule has 3 fully saturated rings. The van der Waals surface area contributed by atoms with Crippen LogP contribution in [-0.2, 0) is 28.4 Å². The van der Waals surface area contributed by atoms with E-state index in [9.17, 15) is 10.2 Å². The van der Waals surface area contributed by atoms with Crippen LogP contribution in [0, 0.1) is 17.8 Å². The lowest BCUT2D eigenvalue weighted by Gasteiger charge is -2.50. The van der Waals surface area contributed by atoms with E-state index in [-0.39, 0.29) is 49.5 Å². The Bertz CT molecular complexity index is 490. The minimum absolute atomic E-state index is 0.00181. The minimum atomic E-state index is -0.890. The van der Waals surface area contributed by atoms with E-state index in [1.807, 2.05) is 13.8 Å². The van der Waals surface area contributed by atoms with Crippen LogP contribution in [0.5, 0.6) is 0 Å². The molecule has 8 heteroatoms. The first-order chi connectivity index (χ1) is 12.8. The monoisotopic (exact) mass is 390 g/mol. The van der Waals surface area contributed by atoms with Crippen LogP contribution in [0.15, 0.2) is 0 Å². The van der Waals surface area contributed by atoms with Crippen LogP contribution in [0.4, 0.5) is 0 Å². The molecule has 0 amide bonds. The lowest BCUT2D eigenvalue weighted by molar-refractivity contribution is -0.338. The van der Waals surface area contributed by atoms with Gasteiger partial charge >= 0.3 is 0 Å². The molecular weight excluding hydrogens is 356 g/mol. The van der Waals surface area contributed by atoms with E-state index in [2.05, 4.69) is 6.92 Å². The summed E-state index contributed by atoms with van der Waals surface area (Å²) in [6.07, 6.45) is -2.55. The number of hydrogen-bond donors (Lipinski definition) is 2. The summed E-state index contributed by atoms with van der Waals surface area (Å²) < 4.78 is 34.8. The Morgan fingerprint density at radius 2 is 1.81 bits per heavy atom. The molecule has 0 bridgehead atoms. The maximum absolute atomic E-state index is 11.1. The standard InChI is InChI=1S/C19H34O8/c1-10-12(3)19(6-13(20)7-25-19)27-18-15(21)11(2)16(23-5)14(26-17(10)18)8-24-9-22-4/h10-18,20-21H,6-9H2,1-5H3/t10-,11-,12-,13-,14-,15-,16+,17+,18-,19+/m0/s1. The fourth-order valence-electron chi connectivity index (χ4n) is 4.80. The fourth-order valence-corrected chi connectivity index (χ4v) is 4.80. The summed E-state index contributed by atoms with van der Waals surface area (Å²) in [6.45, 7) is 6.77. The maximum Gasteiger partial charge on any atom is 0.174 e. The number of fused-ring (bicyclic) bond motifs is 1. The van der Waals surface area contributed by atoms with E-state index >= 15 is 0 Å². The molecule has 8 nitrogen and oxygen atoms in total. The lowest BCUT2D eigenvalue weighted by Crippen LogP contribution is -2.61. The molecular formula is C19H34O8. The third-order valence-electron chi connectivity index (χ3n) is 6.55. The van der Waals surface area contributed by atoms with E-state index in [1.165, 1.54) is 0 Å². The molecule has 10 atom stereocenters. The molecule has 0 aromatic carbocycles. The molecule has 3 aliphatic heterocycles. The van der Waals surface area contributed by atoms with Crippen LogP contribution in [0.1, 0.15) is 27.2 Å². The molecule has 0 aromatic rings. The summed E-state index contributed by atoms with van der Waals surface area (Å²) in [5, 5.41) is 21.1. The average Bonchev–Trinajstić information content (AvgIpc) is 2.99. The predicted octanol–water partition coefficient (Wildman–Crippen LogP) is 0.535. The first-order valence-corrected chi connectivity index (χ1v) is 9.77. The Morgan fingerprint density at radius 1 is 1.07 bits per heavy atom. The van der Waals surface area contributed by atoms with Gasteiger partial charge in [-0.05, 0) is 5.92 Å². The molecule has 3 heterocycles. The smallest absolute Gasteiger partial charge is 0.174 e. The molecule has 158 valence electrons. The van der Waals surface area contributed by atoms with Gasteiger partial charge in [-0.3, -0.25) is 0 Å². The first kappa shape index (κ1) is 21.4. The van der Waals surface area contributed by atoms with Crippen molar-refractivity contribution in [3.8, 4) is 0 Å². The Labute approximate surface area is 161 Å². The summed E-state index contributed by atoms with van der Waals surface area (Å²) in [4.78, 5) is 0. The Morgan fingerprint density at radius 3 is 2.41 bits per heavy atom. The zero-order chi connectivity index (χ0) is 19.8. The van der Waals surface area contributed by atoms with Gasteiger partial charge in [0.25, 0.3) is 0 Å². The molecule has 27 heavy (non-hydrogen) atoms. The number of ether oxygens (including phenoxy) is 6. The summed E-state index contributed by atoms with van der Waals surface area (Å²) in [7, 11) is 3.18. The molecule has 0 aromatic heterocycles. The van der Waals surface area contributed by atoms with Crippen molar-refractivity contribution in [1.82, 2.24) is 0 Å². The second-order valence-corrected chi connectivity index (χ2v) is 8.18. The molecule has 0 radical (unpaired) electrons. The van der Waals surface area contributed by atoms with Gasteiger partial charge in [0.1, 0.15) is 19.0 Å². The topological polar surface area (TPSA) is 95.8 Å². The molecule has 0 aliphatic carbocycles. The molecule has 2 N–H and O–H groups in total. The molecule has 1 spiro atoms. The normalized spacial score (nSPS) is 50.6. The van der Waals surface area contributed by atoms with Gasteiger partial charge in [0.15, 0.2) is 5.79 Å². The largest absolute Gasteiger partial charge is 0.391 e. The summed E-state index contributed by atoms with van der Waals surface area (Å²) in [5.74, 6) is -1.07. The van der Waals surface area contributed by atoms with Gasteiger partial charge in [-0.15, -0.1) is 0 Å². The van der Waals surface area contributed by atoms with Gasteiger partial charge in [0.05, 0.1) is 37.6 Å². The van der Waals surface area contributed by atoms with Crippen molar-refractivity contribution in [2.24, 2.45) is 17.8 Å². The van der Waals surface area contributed by atoms with Crippen molar-refractivity contribution in [3.05, 3.63) is 0 Å². The predicted molar refractivity (Wildman–Crippen MR) is 95.0 cm³/mol. The number of methoxy groups -OCH3 is 2. The maximum atomic E-state index is 11.1. The Hall–Kier alpha value is -0.320. The minimum Gasteiger partial charge on any atom is -0.391 e. The third kappa shape index (κ3) is 3.91. The van der Waals surface area contributed by atoms with Gasteiger partial charge in [-0.25, -0.2) is 0 Å². The van der Waals surface area contributed by atoms with Gasteiger partial charge in [0, 0.05) is 32.5 Å². The second kappa shape index (κ2) is 8.59. The summed E-state index contributed by atoms with van der Waals surface area (Å²) >= 11 is 0. The SMILES string of the molecule is COCOC[C@@H]1O[C@@H]2[C@@H](C)[C@H](C)[C@@]3(C[C@H](O)CO3)O[C@H]2[C@@H](O)[C@H](C)[C@H]1OC. The zero-order valence-corrected chi connectivity index (χ0v) is 16.9. The van der Waals surface area contributed by atoms with Gasteiger partial charge in [0.2, 0.25) is 0 Å². The van der Waals surface area contributed by atoms with Gasteiger partial charge in [-0.2, -0.15) is 0 Å². The van der Waals surface area contributed by atoms with Crippen molar-refractivity contribution >= 4 is 0 Å². The molecule has 3 aliphatic rings. The lowest BCUT2D eigenvalue weighted by atomic mass is 9.76. The number of hydrogen-bond acceptors (Lipinski definition) is 8. The van der Waals surface area contributed by atoms with Crippen LogP contribution in [0.3, 0.4) is 0 Å². The van der Waals surface area contributed by atoms with Crippen molar-refractivity contribution in [2.75, 3.05) is 34.2 Å². The summed E-state index contributed by atoms with van der Waals surface area (Å²) in [6, 6.07) is 0. The van der Waals surface area contributed by atoms with Crippen molar-refractivity contribution in [3.63, 3.8) is 0 Å². The van der Waals surface area contributed by atoms with E-state index in [4.69, 9.17) is 28.4 Å². The van der Waals surface area contributed by atoms with Crippen LogP contribution in [0.2, 0.25) is 0 Å². The second-order valence-electron chi connectivity index (χ2n) is 8.18. The van der Waals surface area contributed by atoms with Crippen LogP contribution in [0.25, 0.3) is 0 Å². The Kier molecular flexibility index (Phi) is 6.80. The highest BCUT2D eigenvalue weighted by molar-refractivity contribution is 5.03. The fraction of sp³-hybridized carbons (Fsp3) is 1.00. The van der Waals surface area contributed by atoms with E-state index in [0.717, 1.165) is 0 Å². The first-order valence-electron chi connectivity index (χ1n) is 9.77. The van der Waals surface area contributed by atoms with Crippen molar-refractivity contribution in [1.29, 1.82) is 0 Å². The number of aliphatic hydroxyl groups is 2. The van der Waals surface area contributed by atoms with Crippen LogP contribution < -0.4 is 0 Å². The molecule has 0 unspecified atom stereocenters. The van der Waals surface area contributed by atoms with Crippen LogP contribution >= 0.6 is 0 Å². The van der Waals surface area contributed by atoms with Gasteiger partial charge in [-0.1, -0.05) is 20.8 Å². The molecule has 3 rings (SSSR count). The van der Waals surface area contributed by atoms with Crippen LogP contribution in [-0.4, -0.2) is 86.9 Å².